The van der Waals surface area contributed by atoms with Gasteiger partial charge in [0.05, 0.1) is 0 Å². The third-order valence-electron chi connectivity index (χ3n) is 5.85. The van der Waals surface area contributed by atoms with E-state index in [2.05, 4.69) is 41.4 Å². The van der Waals surface area contributed by atoms with Crippen LogP contribution in [-0.4, -0.2) is 36.0 Å². The number of aliphatic hydroxyl groups excluding tert-OH is 1. The molecule has 162 valence electrons. The molecule has 1 aliphatic rings. The van der Waals surface area contributed by atoms with Gasteiger partial charge in [0.25, 0.3) is 5.91 Å². The van der Waals surface area contributed by atoms with Gasteiger partial charge in [0.2, 0.25) is 0 Å². The highest BCUT2D eigenvalue weighted by Gasteiger charge is 2.19. The van der Waals surface area contributed by atoms with Crippen LogP contribution in [0.3, 0.4) is 0 Å². The molecule has 1 amide bonds. The van der Waals surface area contributed by atoms with E-state index >= 15 is 0 Å². The molecule has 0 aromatic heterocycles. The summed E-state index contributed by atoms with van der Waals surface area (Å²) < 4.78 is 0. The molecule has 0 unspecified atom stereocenters. The standard InChI is InChI=1S/C26H30N2O3/c27-17-24(25(30)18-29)28-26(31)23-15-13-22(14-16-23)12-11-21-9-7-20(8-10-21)6-5-19-3-1-2-4-19/h7-10,13-16,19,24,29H,1-6,17-18,27H2,(H,28,31)/t24-/m0/s1. The highest BCUT2D eigenvalue weighted by atomic mass is 16.3. The summed E-state index contributed by atoms with van der Waals surface area (Å²) in [6.07, 6.45) is 7.98. The van der Waals surface area contributed by atoms with Crippen LogP contribution in [-0.2, 0) is 11.2 Å². The van der Waals surface area contributed by atoms with Crippen LogP contribution >= 0.6 is 0 Å². The molecule has 1 saturated carbocycles. The van der Waals surface area contributed by atoms with Crippen molar-refractivity contribution >= 4 is 11.7 Å². The molecule has 0 heterocycles. The van der Waals surface area contributed by atoms with Gasteiger partial charge in [-0.15, -0.1) is 0 Å². The summed E-state index contributed by atoms with van der Waals surface area (Å²) in [4.78, 5) is 23.8. The lowest BCUT2D eigenvalue weighted by molar-refractivity contribution is -0.123. The predicted octanol–water partition coefficient (Wildman–Crippen LogP) is 2.83. The number of amides is 1. The molecule has 0 radical (unpaired) electrons. The van der Waals surface area contributed by atoms with E-state index in [9.17, 15) is 9.59 Å². The van der Waals surface area contributed by atoms with E-state index in [1.165, 1.54) is 37.7 Å². The Morgan fingerprint density at radius 3 is 2.13 bits per heavy atom. The number of nitrogens with one attached hydrogen (secondary N) is 1. The van der Waals surface area contributed by atoms with Crippen LogP contribution in [0.15, 0.2) is 48.5 Å². The van der Waals surface area contributed by atoms with Gasteiger partial charge in [-0.1, -0.05) is 49.7 Å². The predicted molar refractivity (Wildman–Crippen MR) is 122 cm³/mol. The van der Waals surface area contributed by atoms with Crippen molar-refractivity contribution in [3.8, 4) is 11.8 Å². The third kappa shape index (κ3) is 6.78. The monoisotopic (exact) mass is 418 g/mol. The molecule has 0 saturated heterocycles. The summed E-state index contributed by atoms with van der Waals surface area (Å²) in [7, 11) is 0. The van der Waals surface area contributed by atoms with Crippen molar-refractivity contribution in [3.05, 3.63) is 70.8 Å². The highest BCUT2D eigenvalue weighted by Crippen LogP contribution is 2.28. The van der Waals surface area contributed by atoms with Crippen molar-refractivity contribution < 1.29 is 14.7 Å². The van der Waals surface area contributed by atoms with E-state index in [4.69, 9.17) is 10.8 Å². The fourth-order valence-corrected chi connectivity index (χ4v) is 3.90. The summed E-state index contributed by atoms with van der Waals surface area (Å²) in [6, 6.07) is 14.4. The van der Waals surface area contributed by atoms with Gasteiger partial charge in [-0.25, -0.2) is 0 Å². The van der Waals surface area contributed by atoms with Crippen molar-refractivity contribution in [2.75, 3.05) is 13.2 Å². The van der Waals surface area contributed by atoms with Crippen molar-refractivity contribution in [1.29, 1.82) is 0 Å². The Morgan fingerprint density at radius 1 is 1.00 bits per heavy atom. The second-order valence-corrected chi connectivity index (χ2v) is 8.10. The first kappa shape index (κ1) is 22.7. The summed E-state index contributed by atoms with van der Waals surface area (Å²) in [5.74, 6) is 6.25. The second-order valence-electron chi connectivity index (χ2n) is 8.10. The molecule has 2 aromatic rings. The molecule has 2 aromatic carbocycles. The molecule has 0 bridgehead atoms. The van der Waals surface area contributed by atoms with Gasteiger partial charge < -0.3 is 16.2 Å². The Bertz CT molecular complexity index is 933. The zero-order valence-corrected chi connectivity index (χ0v) is 17.8. The van der Waals surface area contributed by atoms with Crippen molar-refractivity contribution in [2.24, 2.45) is 11.7 Å². The Kier molecular flexibility index (Phi) is 8.40. The molecule has 5 nitrogen and oxygen atoms in total. The molecule has 0 aliphatic heterocycles. The second kappa shape index (κ2) is 11.5. The number of carbonyl (C=O) groups excluding carboxylic acids is 2. The topological polar surface area (TPSA) is 92.4 Å². The molecule has 0 spiro atoms. The number of aryl methyl sites for hydroxylation is 1. The Morgan fingerprint density at radius 2 is 1.58 bits per heavy atom. The number of hydrogen-bond donors (Lipinski definition) is 3. The van der Waals surface area contributed by atoms with E-state index in [0.717, 1.165) is 23.5 Å². The van der Waals surface area contributed by atoms with E-state index in [1.54, 1.807) is 24.3 Å². The summed E-state index contributed by atoms with van der Waals surface area (Å²) in [5.41, 5.74) is 9.01. The average molecular weight is 419 g/mol. The maximum Gasteiger partial charge on any atom is 0.251 e. The first-order chi connectivity index (χ1) is 15.1. The molecular formula is C26H30N2O3. The maximum atomic E-state index is 12.3. The zero-order valence-electron chi connectivity index (χ0n) is 17.8. The fourth-order valence-electron chi connectivity index (χ4n) is 3.90. The Labute approximate surface area is 184 Å². The molecule has 5 heteroatoms. The van der Waals surface area contributed by atoms with Gasteiger partial charge in [-0.3, -0.25) is 9.59 Å². The van der Waals surface area contributed by atoms with Crippen LogP contribution < -0.4 is 11.1 Å². The number of ketones is 1. The Hall–Kier alpha value is -2.94. The van der Waals surface area contributed by atoms with Crippen LogP contribution in [0.4, 0.5) is 0 Å². The van der Waals surface area contributed by atoms with E-state index in [0.29, 0.717) is 5.56 Å². The van der Waals surface area contributed by atoms with Gasteiger partial charge in [0.1, 0.15) is 12.6 Å². The summed E-state index contributed by atoms with van der Waals surface area (Å²) >= 11 is 0. The van der Waals surface area contributed by atoms with E-state index in [1.807, 2.05) is 0 Å². The molecule has 1 fully saturated rings. The Balaban J connectivity index is 1.55. The van der Waals surface area contributed by atoms with Gasteiger partial charge in [0, 0.05) is 23.2 Å². The smallest absolute Gasteiger partial charge is 0.251 e. The third-order valence-corrected chi connectivity index (χ3v) is 5.85. The zero-order chi connectivity index (χ0) is 22.1. The quantitative estimate of drug-likeness (QED) is 0.575. The molecule has 1 aliphatic carbocycles. The number of benzene rings is 2. The van der Waals surface area contributed by atoms with Crippen LogP contribution in [0.25, 0.3) is 0 Å². The van der Waals surface area contributed by atoms with Crippen molar-refractivity contribution in [1.82, 2.24) is 5.32 Å². The van der Waals surface area contributed by atoms with Crippen molar-refractivity contribution in [3.63, 3.8) is 0 Å². The summed E-state index contributed by atoms with van der Waals surface area (Å²) in [6.45, 7) is -0.716. The van der Waals surface area contributed by atoms with Crippen LogP contribution in [0.1, 0.15) is 59.2 Å². The number of nitrogens with two attached hydrogens (primary N) is 1. The van der Waals surface area contributed by atoms with Gasteiger partial charge in [0.15, 0.2) is 5.78 Å². The SMILES string of the molecule is NC[C@H](NC(=O)c1ccc(C#Cc2ccc(CCC3CCCC3)cc2)cc1)C(=O)CO. The normalized spacial score (nSPS) is 14.5. The summed E-state index contributed by atoms with van der Waals surface area (Å²) in [5, 5.41) is 11.5. The first-order valence-corrected chi connectivity index (χ1v) is 10.9. The fraction of sp³-hybridized carbons (Fsp3) is 0.385. The molecule has 31 heavy (non-hydrogen) atoms. The first-order valence-electron chi connectivity index (χ1n) is 10.9. The molecular weight excluding hydrogens is 388 g/mol. The largest absolute Gasteiger partial charge is 0.388 e. The lowest BCUT2D eigenvalue weighted by Gasteiger charge is -2.14. The van der Waals surface area contributed by atoms with Gasteiger partial charge in [-0.2, -0.15) is 0 Å². The van der Waals surface area contributed by atoms with Crippen LogP contribution in [0.5, 0.6) is 0 Å². The van der Waals surface area contributed by atoms with Gasteiger partial charge >= 0.3 is 0 Å². The van der Waals surface area contributed by atoms with Gasteiger partial charge in [-0.05, 0) is 60.7 Å². The number of hydrogen-bond acceptors (Lipinski definition) is 4. The van der Waals surface area contributed by atoms with Crippen LogP contribution in [0.2, 0.25) is 0 Å². The average Bonchev–Trinajstić information content (AvgIpc) is 3.34. The van der Waals surface area contributed by atoms with Crippen molar-refractivity contribution in [2.45, 2.75) is 44.6 Å². The minimum Gasteiger partial charge on any atom is -0.388 e. The number of Topliss-reactive ketones (excluding diaryl/α,β-unsaturated/α-hetero) is 1. The highest BCUT2D eigenvalue weighted by molar-refractivity contribution is 5.98. The molecule has 1 atom stereocenters. The lowest BCUT2D eigenvalue weighted by atomic mass is 9.98. The lowest BCUT2D eigenvalue weighted by Crippen LogP contribution is -2.46. The van der Waals surface area contributed by atoms with E-state index < -0.39 is 24.3 Å². The van der Waals surface area contributed by atoms with E-state index in [-0.39, 0.29) is 6.54 Å². The number of carbonyl (C=O) groups is 2. The minimum atomic E-state index is -0.891. The molecule has 3 rings (SSSR count). The molecule has 4 N–H and O–H groups in total. The van der Waals surface area contributed by atoms with Crippen LogP contribution in [0, 0.1) is 17.8 Å². The number of rotatable bonds is 8. The number of aliphatic hydroxyl groups is 1. The maximum absolute atomic E-state index is 12.3. The minimum absolute atomic E-state index is 0.0614.